The van der Waals surface area contributed by atoms with Crippen LogP contribution in [0, 0.1) is 5.92 Å². The Morgan fingerprint density at radius 3 is 2.42 bits per heavy atom. The summed E-state index contributed by atoms with van der Waals surface area (Å²) in [6.45, 7) is 2.27. The van der Waals surface area contributed by atoms with Gasteiger partial charge in [0, 0.05) is 19.1 Å². The highest BCUT2D eigenvalue weighted by molar-refractivity contribution is 5.80. The molecule has 2 unspecified atom stereocenters. The molecule has 0 heterocycles. The van der Waals surface area contributed by atoms with E-state index in [1.165, 1.54) is 19.3 Å². The van der Waals surface area contributed by atoms with Crippen molar-refractivity contribution in [3.63, 3.8) is 0 Å². The summed E-state index contributed by atoms with van der Waals surface area (Å²) in [5.41, 5.74) is 0. The summed E-state index contributed by atoms with van der Waals surface area (Å²) < 4.78 is 0. The molecule has 3 nitrogen and oxygen atoms in total. The molecular formula is C9H17N3. The molecule has 0 radical (unpaired) electrons. The minimum absolute atomic E-state index is 0.676. The average Bonchev–Trinajstić information content (AvgIpc) is 2.91. The highest BCUT2D eigenvalue weighted by Crippen LogP contribution is 2.29. The van der Waals surface area contributed by atoms with Crippen molar-refractivity contribution in [1.82, 2.24) is 10.6 Å². The molecule has 0 aliphatic heterocycles. The van der Waals surface area contributed by atoms with Crippen molar-refractivity contribution in [3.05, 3.63) is 0 Å². The van der Waals surface area contributed by atoms with Gasteiger partial charge in [0.05, 0.1) is 0 Å². The van der Waals surface area contributed by atoms with Crippen molar-refractivity contribution in [1.29, 1.82) is 0 Å². The Balaban J connectivity index is 1.74. The molecule has 0 saturated heterocycles. The van der Waals surface area contributed by atoms with Gasteiger partial charge in [-0.15, -0.1) is 0 Å². The third kappa shape index (κ3) is 1.90. The van der Waals surface area contributed by atoms with Gasteiger partial charge < -0.3 is 10.6 Å². The van der Waals surface area contributed by atoms with Crippen LogP contribution in [0.5, 0.6) is 0 Å². The van der Waals surface area contributed by atoms with E-state index < -0.39 is 0 Å². The second-order valence-corrected chi connectivity index (χ2v) is 3.95. The van der Waals surface area contributed by atoms with Crippen molar-refractivity contribution in [2.24, 2.45) is 10.9 Å². The van der Waals surface area contributed by atoms with E-state index in [-0.39, 0.29) is 0 Å². The average molecular weight is 167 g/mol. The van der Waals surface area contributed by atoms with Gasteiger partial charge in [0.25, 0.3) is 0 Å². The summed E-state index contributed by atoms with van der Waals surface area (Å²) in [7, 11) is 1.84. The highest BCUT2D eigenvalue weighted by Gasteiger charge is 2.34. The van der Waals surface area contributed by atoms with E-state index in [9.17, 15) is 0 Å². The lowest BCUT2D eigenvalue weighted by Crippen LogP contribution is -2.40. The third-order valence-electron chi connectivity index (χ3n) is 2.57. The molecule has 0 aromatic carbocycles. The molecule has 2 fully saturated rings. The lowest BCUT2D eigenvalue weighted by molar-refractivity contribution is 0.761. The van der Waals surface area contributed by atoms with Crippen LogP contribution in [-0.2, 0) is 0 Å². The number of hydrogen-bond acceptors (Lipinski definition) is 1. The van der Waals surface area contributed by atoms with Gasteiger partial charge in [-0.1, -0.05) is 6.92 Å². The summed E-state index contributed by atoms with van der Waals surface area (Å²) in [6.07, 6.45) is 3.91. The van der Waals surface area contributed by atoms with Crippen molar-refractivity contribution in [3.8, 4) is 0 Å². The van der Waals surface area contributed by atoms with Crippen LogP contribution in [0.25, 0.3) is 0 Å². The second kappa shape index (κ2) is 2.96. The lowest BCUT2D eigenvalue weighted by Gasteiger charge is -2.09. The molecule has 12 heavy (non-hydrogen) atoms. The molecule has 0 spiro atoms. The van der Waals surface area contributed by atoms with Crippen LogP contribution in [0.2, 0.25) is 0 Å². The Morgan fingerprint density at radius 2 is 2.00 bits per heavy atom. The molecule has 0 bridgehead atoms. The van der Waals surface area contributed by atoms with Gasteiger partial charge in [0.15, 0.2) is 5.96 Å². The molecule has 2 N–H and O–H groups in total. The second-order valence-electron chi connectivity index (χ2n) is 3.95. The number of aliphatic imine (C=N–C) groups is 1. The number of nitrogens with zero attached hydrogens (tertiary/aromatic N) is 1. The van der Waals surface area contributed by atoms with E-state index in [0.717, 1.165) is 11.9 Å². The van der Waals surface area contributed by atoms with E-state index in [1.54, 1.807) is 0 Å². The summed E-state index contributed by atoms with van der Waals surface area (Å²) >= 11 is 0. The monoisotopic (exact) mass is 167 g/mol. The van der Waals surface area contributed by atoms with E-state index in [4.69, 9.17) is 0 Å². The van der Waals surface area contributed by atoms with Crippen LogP contribution in [0.15, 0.2) is 4.99 Å². The fourth-order valence-corrected chi connectivity index (χ4v) is 1.29. The first-order chi connectivity index (χ1) is 5.79. The van der Waals surface area contributed by atoms with Crippen molar-refractivity contribution in [2.45, 2.75) is 38.3 Å². The van der Waals surface area contributed by atoms with E-state index in [1.807, 2.05) is 7.05 Å². The maximum Gasteiger partial charge on any atom is 0.191 e. The molecule has 3 heteroatoms. The lowest BCUT2D eigenvalue weighted by atomic mass is 10.5. The number of rotatable bonds is 2. The molecule has 2 atom stereocenters. The van der Waals surface area contributed by atoms with Gasteiger partial charge in [0.1, 0.15) is 0 Å². The van der Waals surface area contributed by atoms with E-state index in [2.05, 4.69) is 22.5 Å². The maximum absolute atomic E-state index is 4.18. The number of nitrogens with one attached hydrogen (secondary N) is 2. The molecule has 2 rings (SSSR count). The Bertz CT molecular complexity index is 196. The first-order valence-electron chi connectivity index (χ1n) is 4.79. The largest absolute Gasteiger partial charge is 0.354 e. The Labute approximate surface area is 73.6 Å². The SMILES string of the molecule is CN=C(NC1CC1)NC1CC1C. The zero-order valence-electron chi connectivity index (χ0n) is 7.80. The third-order valence-corrected chi connectivity index (χ3v) is 2.57. The van der Waals surface area contributed by atoms with Gasteiger partial charge in [-0.2, -0.15) is 0 Å². The first-order valence-corrected chi connectivity index (χ1v) is 4.79. The molecular weight excluding hydrogens is 150 g/mol. The summed E-state index contributed by atoms with van der Waals surface area (Å²) in [5, 5.41) is 6.77. The van der Waals surface area contributed by atoms with Crippen LogP contribution in [0.4, 0.5) is 0 Å². The predicted octanol–water partition coefficient (Wildman–Crippen LogP) is 0.722. The fourth-order valence-electron chi connectivity index (χ4n) is 1.29. The smallest absolute Gasteiger partial charge is 0.191 e. The topological polar surface area (TPSA) is 36.4 Å². The highest BCUT2D eigenvalue weighted by atomic mass is 15.2. The fraction of sp³-hybridized carbons (Fsp3) is 0.889. The van der Waals surface area contributed by atoms with Gasteiger partial charge in [-0.05, 0) is 25.2 Å². The summed E-state index contributed by atoms with van der Waals surface area (Å²) in [6, 6.07) is 1.38. The molecule has 0 amide bonds. The van der Waals surface area contributed by atoms with Crippen LogP contribution in [0.3, 0.4) is 0 Å². The molecule has 0 aromatic rings. The van der Waals surface area contributed by atoms with Gasteiger partial charge in [0.2, 0.25) is 0 Å². The number of hydrogen-bond donors (Lipinski definition) is 2. The quantitative estimate of drug-likeness (QED) is 0.469. The van der Waals surface area contributed by atoms with Crippen molar-refractivity contribution < 1.29 is 0 Å². The number of guanidine groups is 1. The van der Waals surface area contributed by atoms with Gasteiger partial charge in [-0.25, -0.2) is 0 Å². The summed E-state index contributed by atoms with van der Waals surface area (Å²) in [5.74, 6) is 1.83. The van der Waals surface area contributed by atoms with Crippen LogP contribution >= 0.6 is 0 Å². The zero-order chi connectivity index (χ0) is 8.55. The molecule has 2 aliphatic carbocycles. The van der Waals surface area contributed by atoms with Gasteiger partial charge >= 0.3 is 0 Å². The minimum atomic E-state index is 0.676. The van der Waals surface area contributed by atoms with E-state index in [0.29, 0.717) is 12.1 Å². The molecule has 2 aliphatic rings. The first kappa shape index (κ1) is 7.90. The maximum atomic E-state index is 4.18. The molecule has 68 valence electrons. The van der Waals surface area contributed by atoms with E-state index >= 15 is 0 Å². The van der Waals surface area contributed by atoms with Crippen LogP contribution in [-0.4, -0.2) is 25.1 Å². The van der Waals surface area contributed by atoms with Crippen LogP contribution in [0.1, 0.15) is 26.2 Å². The molecule has 0 aromatic heterocycles. The zero-order valence-corrected chi connectivity index (χ0v) is 7.80. The summed E-state index contributed by atoms with van der Waals surface area (Å²) in [4.78, 5) is 4.18. The van der Waals surface area contributed by atoms with Crippen molar-refractivity contribution >= 4 is 5.96 Å². The standard InChI is InChI=1S/C9H17N3/c1-6-5-8(6)12-9(10-2)11-7-3-4-7/h6-8H,3-5H2,1-2H3,(H2,10,11,12). The Kier molecular flexibility index (Phi) is 1.95. The van der Waals surface area contributed by atoms with Gasteiger partial charge in [-0.3, -0.25) is 4.99 Å². The normalized spacial score (nSPS) is 34.7. The Morgan fingerprint density at radius 1 is 1.33 bits per heavy atom. The Hall–Kier alpha value is -0.730. The van der Waals surface area contributed by atoms with Crippen molar-refractivity contribution in [2.75, 3.05) is 7.05 Å². The molecule has 2 saturated carbocycles. The minimum Gasteiger partial charge on any atom is -0.354 e. The predicted molar refractivity (Wildman–Crippen MR) is 50.2 cm³/mol. The van der Waals surface area contributed by atoms with Crippen LogP contribution < -0.4 is 10.6 Å².